The molecule has 2 N–H and O–H groups in total. The Balaban J connectivity index is 1.85. The van der Waals surface area contributed by atoms with E-state index in [2.05, 4.69) is 5.32 Å². The van der Waals surface area contributed by atoms with E-state index in [-0.39, 0.29) is 18.4 Å². The first-order valence-corrected chi connectivity index (χ1v) is 6.80. The number of para-hydroxylation sites is 1. The molecule has 0 radical (unpaired) electrons. The fourth-order valence-electron chi connectivity index (χ4n) is 2.24. The van der Waals surface area contributed by atoms with Crippen molar-refractivity contribution < 1.29 is 14.6 Å². The van der Waals surface area contributed by atoms with Crippen molar-refractivity contribution in [2.45, 2.75) is 19.8 Å². The molecule has 4 nitrogen and oxygen atoms in total. The van der Waals surface area contributed by atoms with Crippen molar-refractivity contribution in [2.24, 2.45) is 11.8 Å². The van der Waals surface area contributed by atoms with Gasteiger partial charge in [0, 0.05) is 13.2 Å². The molecule has 0 aromatic heterocycles. The Bertz CT molecular complexity index is 433. The van der Waals surface area contributed by atoms with Gasteiger partial charge >= 0.3 is 0 Å². The summed E-state index contributed by atoms with van der Waals surface area (Å²) in [5.41, 5.74) is 1.09. The standard InChI is InChI=1S/C15H21NO3/c1-11(6-7-17)9-16-15(18)13-8-12-4-2-3-5-14(12)19-10-13/h2-5,11,13,17H,6-10H2,1H3,(H,16,18). The first-order chi connectivity index (χ1) is 9.20. The number of benzene rings is 1. The van der Waals surface area contributed by atoms with Crippen LogP contribution in [0.2, 0.25) is 0 Å². The predicted octanol–water partition coefficient (Wildman–Crippen LogP) is 1.37. The second-order valence-corrected chi connectivity index (χ2v) is 5.18. The lowest BCUT2D eigenvalue weighted by Gasteiger charge is -2.25. The van der Waals surface area contributed by atoms with E-state index in [0.29, 0.717) is 25.5 Å². The van der Waals surface area contributed by atoms with Gasteiger partial charge in [0.25, 0.3) is 0 Å². The van der Waals surface area contributed by atoms with Gasteiger partial charge < -0.3 is 15.2 Å². The van der Waals surface area contributed by atoms with E-state index < -0.39 is 0 Å². The summed E-state index contributed by atoms with van der Waals surface area (Å²) in [5.74, 6) is 1.11. The van der Waals surface area contributed by atoms with Crippen LogP contribution in [0.5, 0.6) is 5.75 Å². The smallest absolute Gasteiger partial charge is 0.226 e. The maximum Gasteiger partial charge on any atom is 0.226 e. The molecule has 0 saturated heterocycles. The normalized spacial score (nSPS) is 19.2. The maximum atomic E-state index is 12.1. The van der Waals surface area contributed by atoms with Gasteiger partial charge in [0.05, 0.1) is 5.92 Å². The predicted molar refractivity (Wildman–Crippen MR) is 73.0 cm³/mol. The number of hydrogen-bond donors (Lipinski definition) is 2. The number of carbonyl (C=O) groups excluding carboxylic acids is 1. The van der Waals surface area contributed by atoms with Crippen LogP contribution in [0.4, 0.5) is 0 Å². The fraction of sp³-hybridized carbons (Fsp3) is 0.533. The molecule has 1 aromatic carbocycles. The molecule has 0 saturated carbocycles. The Labute approximate surface area is 113 Å². The monoisotopic (exact) mass is 263 g/mol. The van der Waals surface area contributed by atoms with Crippen molar-refractivity contribution in [3.05, 3.63) is 29.8 Å². The number of aliphatic hydroxyl groups is 1. The summed E-state index contributed by atoms with van der Waals surface area (Å²) in [7, 11) is 0. The molecule has 0 bridgehead atoms. The molecule has 0 fully saturated rings. The van der Waals surface area contributed by atoms with Crippen LogP contribution < -0.4 is 10.1 Å². The highest BCUT2D eigenvalue weighted by Crippen LogP contribution is 2.26. The highest BCUT2D eigenvalue weighted by molar-refractivity contribution is 5.79. The van der Waals surface area contributed by atoms with E-state index >= 15 is 0 Å². The highest BCUT2D eigenvalue weighted by atomic mass is 16.5. The van der Waals surface area contributed by atoms with Gasteiger partial charge in [-0.05, 0) is 30.4 Å². The SMILES string of the molecule is CC(CCO)CNC(=O)C1COc2ccccc2C1. The Morgan fingerprint density at radius 3 is 3.11 bits per heavy atom. The van der Waals surface area contributed by atoms with Crippen LogP contribution in [0.3, 0.4) is 0 Å². The molecular weight excluding hydrogens is 242 g/mol. The molecule has 1 aliphatic heterocycles. The third kappa shape index (κ3) is 3.70. The fourth-order valence-corrected chi connectivity index (χ4v) is 2.24. The highest BCUT2D eigenvalue weighted by Gasteiger charge is 2.25. The van der Waals surface area contributed by atoms with Crippen molar-refractivity contribution in [3.63, 3.8) is 0 Å². The lowest BCUT2D eigenvalue weighted by Crippen LogP contribution is -2.39. The third-order valence-corrected chi connectivity index (χ3v) is 3.50. The minimum absolute atomic E-state index is 0.0410. The van der Waals surface area contributed by atoms with E-state index in [1.165, 1.54) is 0 Å². The lowest BCUT2D eigenvalue weighted by atomic mass is 9.96. The summed E-state index contributed by atoms with van der Waals surface area (Å²) >= 11 is 0. The van der Waals surface area contributed by atoms with Crippen molar-refractivity contribution in [2.75, 3.05) is 19.8 Å². The summed E-state index contributed by atoms with van der Waals surface area (Å²) in [6, 6.07) is 7.84. The van der Waals surface area contributed by atoms with Crippen molar-refractivity contribution in [3.8, 4) is 5.75 Å². The number of fused-ring (bicyclic) bond motifs is 1. The molecule has 2 atom stereocenters. The molecule has 104 valence electrons. The zero-order valence-electron chi connectivity index (χ0n) is 11.3. The van der Waals surface area contributed by atoms with Gasteiger partial charge in [0.2, 0.25) is 5.91 Å². The Morgan fingerprint density at radius 1 is 1.53 bits per heavy atom. The summed E-state index contributed by atoms with van der Waals surface area (Å²) in [6.45, 7) is 3.23. The Morgan fingerprint density at radius 2 is 2.32 bits per heavy atom. The van der Waals surface area contributed by atoms with Gasteiger partial charge in [0.15, 0.2) is 0 Å². The number of amides is 1. The molecule has 1 amide bonds. The minimum atomic E-state index is -0.115. The third-order valence-electron chi connectivity index (χ3n) is 3.50. The van der Waals surface area contributed by atoms with Gasteiger partial charge in [-0.25, -0.2) is 0 Å². The van der Waals surface area contributed by atoms with Crippen LogP contribution in [0.15, 0.2) is 24.3 Å². The number of hydrogen-bond acceptors (Lipinski definition) is 3. The maximum absolute atomic E-state index is 12.1. The number of rotatable bonds is 5. The Kier molecular flexibility index (Phi) is 4.80. The van der Waals surface area contributed by atoms with Crippen LogP contribution >= 0.6 is 0 Å². The first-order valence-electron chi connectivity index (χ1n) is 6.80. The van der Waals surface area contributed by atoms with Crippen molar-refractivity contribution in [1.29, 1.82) is 0 Å². The molecule has 0 spiro atoms. The molecule has 1 aromatic rings. The van der Waals surface area contributed by atoms with Gasteiger partial charge in [-0.15, -0.1) is 0 Å². The van der Waals surface area contributed by atoms with Gasteiger partial charge in [-0.1, -0.05) is 25.1 Å². The number of carbonyl (C=O) groups is 1. The number of nitrogens with one attached hydrogen (secondary N) is 1. The summed E-state index contributed by atoms with van der Waals surface area (Å²) in [5, 5.41) is 11.8. The number of ether oxygens (including phenoxy) is 1. The lowest BCUT2D eigenvalue weighted by molar-refractivity contribution is -0.126. The van der Waals surface area contributed by atoms with Crippen LogP contribution in [0.1, 0.15) is 18.9 Å². The van der Waals surface area contributed by atoms with Gasteiger partial charge in [-0.3, -0.25) is 4.79 Å². The summed E-state index contributed by atoms with van der Waals surface area (Å²) in [4.78, 5) is 12.1. The average molecular weight is 263 g/mol. The minimum Gasteiger partial charge on any atom is -0.492 e. The second-order valence-electron chi connectivity index (χ2n) is 5.18. The van der Waals surface area contributed by atoms with Gasteiger partial charge in [0.1, 0.15) is 12.4 Å². The van der Waals surface area contributed by atoms with Gasteiger partial charge in [-0.2, -0.15) is 0 Å². The second kappa shape index (κ2) is 6.57. The topological polar surface area (TPSA) is 58.6 Å². The van der Waals surface area contributed by atoms with E-state index in [1.807, 2.05) is 31.2 Å². The molecular formula is C15H21NO3. The van der Waals surface area contributed by atoms with E-state index in [4.69, 9.17) is 9.84 Å². The van der Waals surface area contributed by atoms with E-state index in [0.717, 1.165) is 17.7 Å². The van der Waals surface area contributed by atoms with E-state index in [1.54, 1.807) is 0 Å². The van der Waals surface area contributed by atoms with Crippen LogP contribution in [0.25, 0.3) is 0 Å². The largest absolute Gasteiger partial charge is 0.492 e. The Hall–Kier alpha value is -1.55. The molecule has 1 aliphatic rings. The first kappa shape index (κ1) is 13.9. The molecule has 1 heterocycles. The zero-order chi connectivity index (χ0) is 13.7. The summed E-state index contributed by atoms with van der Waals surface area (Å²) < 4.78 is 5.61. The van der Waals surface area contributed by atoms with E-state index in [9.17, 15) is 4.79 Å². The molecule has 0 aliphatic carbocycles. The molecule has 4 heteroatoms. The van der Waals surface area contributed by atoms with Crippen LogP contribution in [0, 0.1) is 11.8 Å². The summed E-state index contributed by atoms with van der Waals surface area (Å²) in [6.07, 6.45) is 1.45. The molecule has 2 unspecified atom stereocenters. The number of aliphatic hydroxyl groups excluding tert-OH is 1. The molecule has 2 rings (SSSR count). The van der Waals surface area contributed by atoms with Crippen molar-refractivity contribution in [1.82, 2.24) is 5.32 Å². The van der Waals surface area contributed by atoms with Crippen molar-refractivity contribution >= 4 is 5.91 Å². The van der Waals surface area contributed by atoms with Crippen LogP contribution in [-0.4, -0.2) is 30.8 Å². The van der Waals surface area contributed by atoms with Crippen LogP contribution in [-0.2, 0) is 11.2 Å². The zero-order valence-corrected chi connectivity index (χ0v) is 11.3. The average Bonchev–Trinajstić information content (AvgIpc) is 2.44. The molecule has 19 heavy (non-hydrogen) atoms. The quantitative estimate of drug-likeness (QED) is 0.843.